The molecule has 0 aromatic heterocycles. The number of thioether (sulfide) groups is 1. The summed E-state index contributed by atoms with van der Waals surface area (Å²) in [6.45, 7) is 2.72. The van der Waals surface area contributed by atoms with Crippen molar-refractivity contribution in [1.82, 2.24) is 4.90 Å². The predicted octanol–water partition coefficient (Wildman–Crippen LogP) is 2.62. The third-order valence-corrected chi connectivity index (χ3v) is 3.31. The summed E-state index contributed by atoms with van der Waals surface area (Å²) in [5, 5.41) is 8.68. The van der Waals surface area contributed by atoms with Gasteiger partial charge in [0, 0.05) is 6.54 Å². The van der Waals surface area contributed by atoms with Crippen LogP contribution in [-0.2, 0) is 0 Å². The number of nitriles is 1. The standard InChI is InChI=1S/C14H20N2OS/c1-16(8-3-11-18-2)9-10-17-14-6-4-13(12-15)5-7-14/h4-7H,3,8-11H2,1-2H3. The summed E-state index contributed by atoms with van der Waals surface area (Å²) < 4.78 is 5.63. The summed E-state index contributed by atoms with van der Waals surface area (Å²) in [7, 11) is 2.11. The molecule has 0 heterocycles. The Balaban J connectivity index is 2.18. The van der Waals surface area contributed by atoms with Gasteiger partial charge in [-0.1, -0.05) is 0 Å². The summed E-state index contributed by atoms with van der Waals surface area (Å²) in [4.78, 5) is 2.28. The smallest absolute Gasteiger partial charge is 0.119 e. The van der Waals surface area contributed by atoms with Crippen LogP contribution >= 0.6 is 11.8 Å². The minimum Gasteiger partial charge on any atom is -0.492 e. The van der Waals surface area contributed by atoms with Gasteiger partial charge in [-0.25, -0.2) is 0 Å². The lowest BCUT2D eigenvalue weighted by Gasteiger charge is -2.16. The van der Waals surface area contributed by atoms with Crippen molar-refractivity contribution < 1.29 is 4.74 Å². The SMILES string of the molecule is CSCCCN(C)CCOc1ccc(C#N)cc1. The zero-order chi connectivity index (χ0) is 13.2. The molecule has 0 atom stereocenters. The quantitative estimate of drug-likeness (QED) is 0.676. The first-order chi connectivity index (χ1) is 8.76. The van der Waals surface area contributed by atoms with Gasteiger partial charge in [0.05, 0.1) is 11.6 Å². The third kappa shape index (κ3) is 5.95. The van der Waals surface area contributed by atoms with E-state index in [0.717, 1.165) is 18.8 Å². The Kier molecular flexibility index (Phi) is 7.31. The zero-order valence-corrected chi connectivity index (χ0v) is 11.9. The molecule has 18 heavy (non-hydrogen) atoms. The van der Waals surface area contributed by atoms with Crippen molar-refractivity contribution >= 4 is 11.8 Å². The van der Waals surface area contributed by atoms with Crippen molar-refractivity contribution in [2.45, 2.75) is 6.42 Å². The fourth-order valence-corrected chi connectivity index (χ4v) is 1.95. The van der Waals surface area contributed by atoms with Crippen LogP contribution in [0.25, 0.3) is 0 Å². The number of hydrogen-bond acceptors (Lipinski definition) is 4. The molecule has 1 rings (SSSR count). The van der Waals surface area contributed by atoms with Crippen molar-refractivity contribution in [2.24, 2.45) is 0 Å². The van der Waals surface area contributed by atoms with Gasteiger partial charge in [-0.05, 0) is 56.3 Å². The molecule has 0 aliphatic carbocycles. The van der Waals surface area contributed by atoms with Crippen LogP contribution in [-0.4, -0.2) is 43.7 Å². The molecular weight excluding hydrogens is 244 g/mol. The molecule has 0 fully saturated rings. The van der Waals surface area contributed by atoms with Crippen molar-refractivity contribution in [3.8, 4) is 11.8 Å². The average molecular weight is 264 g/mol. The maximum Gasteiger partial charge on any atom is 0.119 e. The first kappa shape index (κ1) is 14.9. The largest absolute Gasteiger partial charge is 0.492 e. The summed E-state index contributed by atoms with van der Waals surface area (Å²) in [6.07, 6.45) is 3.35. The van der Waals surface area contributed by atoms with E-state index < -0.39 is 0 Å². The van der Waals surface area contributed by atoms with Gasteiger partial charge in [0.15, 0.2) is 0 Å². The highest BCUT2D eigenvalue weighted by Gasteiger charge is 1.99. The van der Waals surface area contributed by atoms with E-state index in [1.807, 2.05) is 23.9 Å². The molecule has 1 aromatic carbocycles. The van der Waals surface area contributed by atoms with Gasteiger partial charge < -0.3 is 9.64 Å². The fourth-order valence-electron chi connectivity index (χ4n) is 1.54. The number of hydrogen-bond donors (Lipinski definition) is 0. The number of nitrogens with zero attached hydrogens (tertiary/aromatic N) is 2. The second-order valence-corrected chi connectivity index (χ2v) is 5.12. The summed E-state index contributed by atoms with van der Waals surface area (Å²) in [6, 6.07) is 9.32. The van der Waals surface area contributed by atoms with E-state index in [0.29, 0.717) is 12.2 Å². The molecule has 0 unspecified atom stereocenters. The molecule has 0 saturated carbocycles. The maximum atomic E-state index is 8.68. The number of benzene rings is 1. The molecule has 0 bridgehead atoms. The molecule has 0 aliphatic heterocycles. The van der Waals surface area contributed by atoms with E-state index >= 15 is 0 Å². The average Bonchev–Trinajstić information content (AvgIpc) is 2.40. The first-order valence-electron chi connectivity index (χ1n) is 6.06. The van der Waals surface area contributed by atoms with E-state index in [1.165, 1.54) is 12.2 Å². The highest BCUT2D eigenvalue weighted by atomic mass is 32.2. The molecule has 0 spiro atoms. The molecule has 1 aromatic rings. The zero-order valence-electron chi connectivity index (χ0n) is 11.1. The highest BCUT2D eigenvalue weighted by molar-refractivity contribution is 7.98. The number of ether oxygens (including phenoxy) is 1. The van der Waals surface area contributed by atoms with Gasteiger partial charge in [-0.3, -0.25) is 0 Å². The van der Waals surface area contributed by atoms with Crippen LogP contribution in [0.3, 0.4) is 0 Å². The molecule has 0 radical (unpaired) electrons. The summed E-state index contributed by atoms with van der Waals surface area (Å²) in [5.41, 5.74) is 0.663. The summed E-state index contributed by atoms with van der Waals surface area (Å²) in [5.74, 6) is 2.03. The van der Waals surface area contributed by atoms with Gasteiger partial charge in [0.25, 0.3) is 0 Å². The summed E-state index contributed by atoms with van der Waals surface area (Å²) >= 11 is 1.88. The van der Waals surface area contributed by atoms with E-state index in [9.17, 15) is 0 Å². The predicted molar refractivity (Wildman–Crippen MR) is 77.1 cm³/mol. The van der Waals surface area contributed by atoms with Crippen LogP contribution in [0.5, 0.6) is 5.75 Å². The van der Waals surface area contributed by atoms with E-state index in [4.69, 9.17) is 10.00 Å². The van der Waals surface area contributed by atoms with Gasteiger partial charge in [0.1, 0.15) is 12.4 Å². The molecule has 0 amide bonds. The topological polar surface area (TPSA) is 36.3 Å². The number of likely N-dealkylation sites (N-methyl/N-ethyl adjacent to an activating group) is 1. The minimum absolute atomic E-state index is 0.663. The lowest BCUT2D eigenvalue weighted by atomic mass is 10.2. The Morgan fingerprint density at radius 3 is 2.61 bits per heavy atom. The van der Waals surface area contributed by atoms with Crippen LogP contribution in [0.1, 0.15) is 12.0 Å². The van der Waals surface area contributed by atoms with E-state index in [1.54, 1.807) is 12.1 Å². The monoisotopic (exact) mass is 264 g/mol. The molecule has 98 valence electrons. The van der Waals surface area contributed by atoms with E-state index in [2.05, 4.69) is 24.3 Å². The fraction of sp³-hybridized carbons (Fsp3) is 0.500. The van der Waals surface area contributed by atoms with Crippen LogP contribution in [0.15, 0.2) is 24.3 Å². The number of rotatable bonds is 8. The molecular formula is C14H20N2OS. The Labute approximate surface area is 114 Å². The molecule has 3 nitrogen and oxygen atoms in total. The van der Waals surface area contributed by atoms with Crippen molar-refractivity contribution in [1.29, 1.82) is 5.26 Å². The minimum atomic E-state index is 0.663. The van der Waals surface area contributed by atoms with Crippen molar-refractivity contribution in [3.05, 3.63) is 29.8 Å². The second kappa shape index (κ2) is 8.84. The van der Waals surface area contributed by atoms with Gasteiger partial charge in [-0.15, -0.1) is 0 Å². The van der Waals surface area contributed by atoms with Crippen LogP contribution < -0.4 is 4.74 Å². The Morgan fingerprint density at radius 1 is 1.28 bits per heavy atom. The molecule has 0 N–H and O–H groups in total. The Morgan fingerprint density at radius 2 is 2.00 bits per heavy atom. The normalized spacial score (nSPS) is 10.3. The van der Waals surface area contributed by atoms with Crippen LogP contribution in [0.4, 0.5) is 0 Å². The Bertz CT molecular complexity index is 372. The first-order valence-corrected chi connectivity index (χ1v) is 7.46. The maximum absolute atomic E-state index is 8.68. The van der Waals surface area contributed by atoms with Crippen LogP contribution in [0.2, 0.25) is 0 Å². The molecule has 0 saturated heterocycles. The van der Waals surface area contributed by atoms with E-state index in [-0.39, 0.29) is 0 Å². The van der Waals surface area contributed by atoms with Gasteiger partial charge in [0.2, 0.25) is 0 Å². The lowest BCUT2D eigenvalue weighted by Crippen LogP contribution is -2.25. The van der Waals surface area contributed by atoms with Crippen molar-refractivity contribution in [2.75, 3.05) is 38.8 Å². The van der Waals surface area contributed by atoms with Gasteiger partial charge >= 0.3 is 0 Å². The lowest BCUT2D eigenvalue weighted by molar-refractivity contribution is 0.238. The third-order valence-electron chi connectivity index (χ3n) is 2.61. The molecule has 0 aliphatic rings. The second-order valence-electron chi connectivity index (χ2n) is 4.13. The molecule has 4 heteroatoms. The van der Waals surface area contributed by atoms with Crippen LogP contribution in [0, 0.1) is 11.3 Å². The van der Waals surface area contributed by atoms with Gasteiger partial charge in [-0.2, -0.15) is 17.0 Å². The highest BCUT2D eigenvalue weighted by Crippen LogP contribution is 2.11. The van der Waals surface area contributed by atoms with Crippen molar-refractivity contribution in [3.63, 3.8) is 0 Å². The Hall–Kier alpha value is -1.18.